The summed E-state index contributed by atoms with van der Waals surface area (Å²) in [6.45, 7) is 6.05. The van der Waals surface area contributed by atoms with Gasteiger partial charge in [-0.3, -0.25) is 4.68 Å². The van der Waals surface area contributed by atoms with Crippen molar-refractivity contribution in [2.24, 2.45) is 0 Å². The molecular weight excluding hydrogens is 162 g/mol. The maximum Gasteiger partial charge on any atom is 0.0562 e. The van der Waals surface area contributed by atoms with Crippen LogP contribution in [-0.2, 0) is 6.54 Å². The van der Waals surface area contributed by atoms with Crippen molar-refractivity contribution in [3.05, 3.63) is 23.5 Å². The first-order chi connectivity index (χ1) is 6.26. The maximum atomic E-state index is 4.20. The van der Waals surface area contributed by atoms with Gasteiger partial charge in [-0.05, 0) is 20.9 Å². The van der Waals surface area contributed by atoms with E-state index in [1.54, 1.807) is 0 Å². The number of aryl methyl sites for hydroxylation is 1. The highest BCUT2D eigenvalue weighted by molar-refractivity contribution is 5.50. The SMILES string of the molecule is CCn1cc(/C=C(/C)CNC)cn1. The lowest BCUT2D eigenvalue weighted by molar-refractivity contribution is 0.660. The van der Waals surface area contributed by atoms with Gasteiger partial charge >= 0.3 is 0 Å². The molecule has 1 rings (SSSR count). The molecule has 3 heteroatoms. The van der Waals surface area contributed by atoms with Gasteiger partial charge in [0.05, 0.1) is 6.20 Å². The molecule has 0 radical (unpaired) electrons. The minimum atomic E-state index is 0.928. The van der Waals surface area contributed by atoms with E-state index in [0.717, 1.165) is 13.1 Å². The number of hydrogen-bond acceptors (Lipinski definition) is 2. The Morgan fingerprint density at radius 1 is 1.69 bits per heavy atom. The first-order valence-electron chi connectivity index (χ1n) is 4.60. The van der Waals surface area contributed by atoms with Gasteiger partial charge in [0.15, 0.2) is 0 Å². The molecule has 0 aromatic carbocycles. The maximum absolute atomic E-state index is 4.20. The monoisotopic (exact) mass is 179 g/mol. The molecule has 0 bridgehead atoms. The largest absolute Gasteiger partial charge is 0.316 e. The number of likely N-dealkylation sites (N-methyl/N-ethyl adjacent to an activating group) is 1. The van der Waals surface area contributed by atoms with Crippen LogP contribution in [0.5, 0.6) is 0 Å². The van der Waals surface area contributed by atoms with E-state index < -0.39 is 0 Å². The predicted molar refractivity (Wildman–Crippen MR) is 55.5 cm³/mol. The lowest BCUT2D eigenvalue weighted by Crippen LogP contribution is -2.08. The first kappa shape index (κ1) is 9.99. The molecule has 0 aliphatic carbocycles. The number of nitrogens with zero attached hydrogens (tertiary/aromatic N) is 2. The lowest BCUT2D eigenvalue weighted by atomic mass is 10.2. The van der Waals surface area contributed by atoms with Crippen LogP contribution in [0.1, 0.15) is 19.4 Å². The molecule has 0 amide bonds. The van der Waals surface area contributed by atoms with Crippen LogP contribution >= 0.6 is 0 Å². The molecule has 0 atom stereocenters. The molecule has 72 valence electrons. The fourth-order valence-corrected chi connectivity index (χ4v) is 1.24. The molecule has 13 heavy (non-hydrogen) atoms. The van der Waals surface area contributed by atoms with Gasteiger partial charge in [0.25, 0.3) is 0 Å². The van der Waals surface area contributed by atoms with Crippen molar-refractivity contribution >= 4 is 6.08 Å². The lowest BCUT2D eigenvalue weighted by Gasteiger charge is -1.96. The van der Waals surface area contributed by atoms with Gasteiger partial charge in [0.2, 0.25) is 0 Å². The van der Waals surface area contributed by atoms with E-state index in [2.05, 4.69) is 36.5 Å². The van der Waals surface area contributed by atoms with E-state index in [1.165, 1.54) is 11.1 Å². The molecule has 3 nitrogen and oxygen atoms in total. The van der Waals surface area contributed by atoms with Gasteiger partial charge in [-0.15, -0.1) is 0 Å². The zero-order valence-electron chi connectivity index (χ0n) is 8.54. The third-order valence-electron chi connectivity index (χ3n) is 1.85. The van der Waals surface area contributed by atoms with Crippen LogP contribution in [0.2, 0.25) is 0 Å². The fraction of sp³-hybridized carbons (Fsp3) is 0.500. The predicted octanol–water partition coefficient (Wildman–Crippen LogP) is 1.53. The second kappa shape index (κ2) is 4.82. The van der Waals surface area contributed by atoms with Crippen LogP contribution in [0, 0.1) is 0 Å². The zero-order chi connectivity index (χ0) is 9.68. The van der Waals surface area contributed by atoms with Crippen LogP contribution < -0.4 is 5.32 Å². The van der Waals surface area contributed by atoms with E-state index in [4.69, 9.17) is 0 Å². The third-order valence-corrected chi connectivity index (χ3v) is 1.85. The van der Waals surface area contributed by atoms with Gasteiger partial charge in [0, 0.05) is 24.8 Å². The van der Waals surface area contributed by atoms with Gasteiger partial charge < -0.3 is 5.32 Å². The highest BCUT2D eigenvalue weighted by Gasteiger charge is 1.94. The van der Waals surface area contributed by atoms with Crippen LogP contribution in [-0.4, -0.2) is 23.4 Å². The van der Waals surface area contributed by atoms with E-state index >= 15 is 0 Å². The standard InChI is InChI=1S/C10H17N3/c1-4-13-8-10(7-12-13)5-9(2)6-11-3/h5,7-8,11H,4,6H2,1-3H3/b9-5-. The van der Waals surface area contributed by atoms with Crippen LogP contribution in [0.15, 0.2) is 18.0 Å². The molecule has 0 saturated carbocycles. The molecule has 1 aromatic heterocycles. The topological polar surface area (TPSA) is 29.9 Å². The van der Waals surface area contributed by atoms with Crippen molar-refractivity contribution in [2.45, 2.75) is 20.4 Å². The Hall–Kier alpha value is -1.09. The van der Waals surface area contributed by atoms with Crippen molar-refractivity contribution in [2.75, 3.05) is 13.6 Å². The summed E-state index contributed by atoms with van der Waals surface area (Å²) in [6.07, 6.45) is 6.09. The fourth-order valence-electron chi connectivity index (χ4n) is 1.24. The Labute approximate surface area is 79.5 Å². The van der Waals surface area contributed by atoms with Gasteiger partial charge in [-0.1, -0.05) is 11.6 Å². The quantitative estimate of drug-likeness (QED) is 0.759. The average Bonchev–Trinajstić information content (AvgIpc) is 2.52. The van der Waals surface area contributed by atoms with Gasteiger partial charge in [0.1, 0.15) is 0 Å². The summed E-state index contributed by atoms with van der Waals surface area (Å²) in [4.78, 5) is 0. The normalized spacial score (nSPS) is 12.1. The van der Waals surface area contributed by atoms with Gasteiger partial charge in [-0.25, -0.2) is 0 Å². The summed E-state index contributed by atoms with van der Waals surface area (Å²) in [5.41, 5.74) is 2.49. The Balaban J connectivity index is 2.67. The third kappa shape index (κ3) is 3.03. The Morgan fingerprint density at radius 3 is 3.00 bits per heavy atom. The van der Waals surface area contributed by atoms with Crippen molar-refractivity contribution in [1.29, 1.82) is 0 Å². The van der Waals surface area contributed by atoms with Crippen LogP contribution in [0.3, 0.4) is 0 Å². The Kier molecular flexibility index (Phi) is 3.71. The van der Waals surface area contributed by atoms with Crippen molar-refractivity contribution in [3.8, 4) is 0 Å². The molecule has 1 heterocycles. The van der Waals surface area contributed by atoms with Gasteiger partial charge in [-0.2, -0.15) is 5.10 Å². The molecule has 0 aliphatic heterocycles. The molecular formula is C10H17N3. The second-order valence-corrected chi connectivity index (χ2v) is 3.15. The average molecular weight is 179 g/mol. The highest BCUT2D eigenvalue weighted by Crippen LogP contribution is 2.04. The number of aromatic nitrogens is 2. The van der Waals surface area contributed by atoms with E-state index in [1.807, 2.05) is 17.9 Å². The van der Waals surface area contributed by atoms with Crippen LogP contribution in [0.25, 0.3) is 6.08 Å². The van der Waals surface area contributed by atoms with E-state index in [-0.39, 0.29) is 0 Å². The van der Waals surface area contributed by atoms with E-state index in [0.29, 0.717) is 0 Å². The van der Waals surface area contributed by atoms with Crippen molar-refractivity contribution in [3.63, 3.8) is 0 Å². The van der Waals surface area contributed by atoms with Crippen LogP contribution in [0.4, 0.5) is 0 Å². The summed E-state index contributed by atoms with van der Waals surface area (Å²) in [5, 5.41) is 7.31. The second-order valence-electron chi connectivity index (χ2n) is 3.15. The summed E-state index contributed by atoms with van der Waals surface area (Å²) >= 11 is 0. The molecule has 1 N–H and O–H groups in total. The smallest absolute Gasteiger partial charge is 0.0562 e. The Bertz CT molecular complexity index is 286. The minimum Gasteiger partial charge on any atom is -0.316 e. The number of nitrogens with one attached hydrogen (secondary N) is 1. The number of hydrogen-bond donors (Lipinski definition) is 1. The molecule has 0 spiro atoms. The molecule has 0 fully saturated rings. The van der Waals surface area contributed by atoms with Crippen molar-refractivity contribution in [1.82, 2.24) is 15.1 Å². The molecule has 1 aromatic rings. The molecule has 0 unspecified atom stereocenters. The molecule has 0 aliphatic rings. The summed E-state index contributed by atoms with van der Waals surface area (Å²) < 4.78 is 1.93. The summed E-state index contributed by atoms with van der Waals surface area (Å²) in [5.74, 6) is 0. The zero-order valence-corrected chi connectivity index (χ0v) is 8.54. The number of rotatable bonds is 4. The summed E-state index contributed by atoms with van der Waals surface area (Å²) in [7, 11) is 1.95. The minimum absolute atomic E-state index is 0.928. The summed E-state index contributed by atoms with van der Waals surface area (Å²) in [6, 6.07) is 0. The first-order valence-corrected chi connectivity index (χ1v) is 4.60. The Morgan fingerprint density at radius 2 is 2.46 bits per heavy atom. The molecule has 0 saturated heterocycles. The van der Waals surface area contributed by atoms with E-state index in [9.17, 15) is 0 Å². The highest BCUT2D eigenvalue weighted by atomic mass is 15.3. The van der Waals surface area contributed by atoms with Crippen molar-refractivity contribution < 1.29 is 0 Å².